The van der Waals surface area contributed by atoms with Crippen molar-refractivity contribution in [2.24, 2.45) is 0 Å². The van der Waals surface area contributed by atoms with Crippen molar-refractivity contribution in [1.29, 1.82) is 0 Å². The minimum Gasteiger partial charge on any atom is -0.324 e. The molecule has 37 heavy (non-hydrogen) atoms. The molecule has 3 unspecified atom stereocenters. The lowest BCUT2D eigenvalue weighted by atomic mass is 10.3. The van der Waals surface area contributed by atoms with Gasteiger partial charge in [-0.25, -0.2) is 22.3 Å². The van der Waals surface area contributed by atoms with E-state index < -0.39 is 61.7 Å². The van der Waals surface area contributed by atoms with Crippen molar-refractivity contribution in [2.75, 3.05) is 0 Å². The Balaban J connectivity index is -0.000000230. The maximum absolute atomic E-state index is 11.4. The van der Waals surface area contributed by atoms with Crippen LogP contribution in [-0.4, -0.2) is 59.5 Å². The summed E-state index contributed by atoms with van der Waals surface area (Å²) in [5.41, 5.74) is 0. The standard InChI is InChI=1S/C4H13O9P3.C4H12O6P2.C4H11O3P.CH4/c1-4(2,3)14(5,6)12-16(10,11)13-15(7,8)9;1-4(2,3)11(5,6)10-12(7,8)9;1-4(2,3)8(5,6)7;/h1-3H3,(H,5,6)(H,10,11)(H2,7,8,9);1-3H3,(H,5,6)(H2,7,8,9);1-3H3,(H2,5,6,7);1H4. The molecule has 0 aliphatic carbocycles. The minimum absolute atomic E-state index is 0. The zero-order valence-electron chi connectivity index (χ0n) is 20.9. The van der Waals surface area contributed by atoms with E-state index in [1.165, 1.54) is 62.3 Å². The quantitative estimate of drug-likeness (QED) is 0.181. The van der Waals surface area contributed by atoms with Crippen LogP contribution in [0.3, 0.4) is 0 Å². The van der Waals surface area contributed by atoms with Crippen LogP contribution in [-0.2, 0) is 40.3 Å². The van der Waals surface area contributed by atoms with Gasteiger partial charge < -0.3 is 44.0 Å². The van der Waals surface area contributed by atoms with Crippen LogP contribution < -0.4 is 0 Å². The maximum Gasteiger partial charge on any atom is 0.488 e. The van der Waals surface area contributed by atoms with Crippen molar-refractivity contribution in [3.8, 4) is 0 Å². The van der Waals surface area contributed by atoms with Crippen LogP contribution in [0.25, 0.3) is 0 Å². The fraction of sp³-hybridized carbons (Fsp3) is 1.00. The van der Waals surface area contributed by atoms with Gasteiger partial charge in [-0.1, -0.05) is 7.43 Å². The highest BCUT2D eigenvalue weighted by Gasteiger charge is 2.46. The molecule has 230 valence electrons. The SMILES string of the molecule is C.CC(C)(C)P(=O)(O)O.CC(C)(C)P(=O)(O)OP(=O)(O)O.CC(C)(C)P(=O)(O)OP(=O)(O)OP(=O)(O)O. The Kier molecular flexibility index (Phi) is 17.2. The lowest BCUT2D eigenvalue weighted by molar-refractivity contribution is 0.218. The first-order valence-electron chi connectivity index (χ1n) is 9.16. The highest BCUT2D eigenvalue weighted by atomic mass is 31.3. The van der Waals surface area contributed by atoms with Crippen molar-refractivity contribution in [3.05, 3.63) is 0 Å². The molecule has 0 amide bonds. The summed E-state index contributed by atoms with van der Waals surface area (Å²) in [6.45, 7) is 12.3. The second kappa shape index (κ2) is 14.2. The van der Waals surface area contributed by atoms with E-state index in [1.807, 2.05) is 0 Å². The second-order valence-electron chi connectivity index (χ2n) is 9.79. The maximum atomic E-state index is 11.4. The fourth-order valence-electron chi connectivity index (χ4n) is 0.678. The zero-order chi connectivity index (χ0) is 30.6. The Morgan fingerprint density at radius 1 is 0.432 bits per heavy atom. The molecule has 0 heterocycles. The lowest BCUT2D eigenvalue weighted by Gasteiger charge is -2.26. The van der Waals surface area contributed by atoms with E-state index in [-0.39, 0.29) is 7.43 Å². The summed E-state index contributed by atoms with van der Waals surface area (Å²) in [7, 11) is -28.2. The van der Waals surface area contributed by atoms with E-state index in [4.69, 9.17) is 39.1 Å². The topological polar surface area (TPSA) is 312 Å². The van der Waals surface area contributed by atoms with Crippen LogP contribution in [0.1, 0.15) is 69.7 Å². The number of hydrogen-bond donors (Lipinski definition) is 9. The van der Waals surface area contributed by atoms with E-state index in [2.05, 4.69) is 12.9 Å². The Labute approximate surface area is 216 Å². The third kappa shape index (κ3) is 21.3. The molecule has 0 bridgehead atoms. The molecule has 18 nitrogen and oxygen atoms in total. The Bertz CT molecular complexity index is 999. The van der Waals surface area contributed by atoms with Crippen LogP contribution in [0, 0.1) is 0 Å². The van der Waals surface area contributed by atoms with Gasteiger partial charge in [0.2, 0.25) is 0 Å². The third-order valence-electron chi connectivity index (χ3n) is 3.21. The van der Waals surface area contributed by atoms with Crippen LogP contribution in [0.15, 0.2) is 0 Å². The summed E-state index contributed by atoms with van der Waals surface area (Å²) < 4.78 is 75.3. The Morgan fingerprint density at radius 3 is 0.784 bits per heavy atom. The van der Waals surface area contributed by atoms with Gasteiger partial charge in [-0.2, -0.15) is 4.31 Å². The van der Waals surface area contributed by atoms with E-state index >= 15 is 0 Å². The third-order valence-corrected chi connectivity index (χ3v) is 13.5. The predicted octanol–water partition coefficient (Wildman–Crippen LogP) is 3.87. The van der Waals surface area contributed by atoms with Gasteiger partial charge in [-0.15, -0.1) is 0 Å². The second-order valence-corrected chi connectivity index (χ2v) is 21.8. The summed E-state index contributed by atoms with van der Waals surface area (Å²) in [6.07, 6.45) is 0. The van der Waals surface area contributed by atoms with E-state index in [0.717, 1.165) is 0 Å². The minimum atomic E-state index is -5.31. The van der Waals surface area contributed by atoms with Gasteiger partial charge >= 0.3 is 46.3 Å². The molecular formula is C13H40O18P6. The molecule has 0 rings (SSSR count). The highest BCUT2D eigenvalue weighted by Crippen LogP contribution is 2.69. The fourth-order valence-corrected chi connectivity index (χ4v) is 6.37. The van der Waals surface area contributed by atoms with Gasteiger partial charge in [-0.3, -0.25) is 13.7 Å². The normalized spacial score (nSPS) is 18.3. The summed E-state index contributed by atoms with van der Waals surface area (Å²) in [4.78, 5) is 77.1. The van der Waals surface area contributed by atoms with Crippen molar-refractivity contribution in [1.82, 2.24) is 0 Å². The molecule has 3 atom stereocenters. The predicted molar refractivity (Wildman–Crippen MR) is 135 cm³/mol. The zero-order valence-corrected chi connectivity index (χ0v) is 26.2. The average Bonchev–Trinajstić information content (AvgIpc) is 2.36. The summed E-state index contributed by atoms with van der Waals surface area (Å²) in [5.74, 6) is 0. The first-order chi connectivity index (χ1) is 14.9. The van der Waals surface area contributed by atoms with Gasteiger partial charge in [0.15, 0.2) is 0 Å². The highest BCUT2D eigenvalue weighted by molar-refractivity contribution is 7.68. The molecule has 0 aromatic rings. The number of rotatable bonds is 6. The van der Waals surface area contributed by atoms with Gasteiger partial charge in [0.05, 0.1) is 15.5 Å². The number of phosphoric acid groups is 3. The van der Waals surface area contributed by atoms with Gasteiger partial charge in [0.1, 0.15) is 0 Å². The first kappa shape index (κ1) is 44.9. The van der Waals surface area contributed by atoms with Crippen LogP contribution >= 0.6 is 46.3 Å². The molecule has 9 N–H and O–H groups in total. The molecule has 0 radical (unpaired) electrons. The smallest absolute Gasteiger partial charge is 0.324 e. The van der Waals surface area contributed by atoms with Gasteiger partial charge in [-0.05, 0) is 62.3 Å². The summed E-state index contributed by atoms with van der Waals surface area (Å²) in [6, 6.07) is 0. The van der Waals surface area contributed by atoms with Crippen LogP contribution in [0.4, 0.5) is 0 Å². The largest absolute Gasteiger partial charge is 0.488 e. The van der Waals surface area contributed by atoms with E-state index in [9.17, 15) is 32.3 Å². The molecule has 0 aliphatic rings. The molecule has 0 aromatic heterocycles. The number of hydrogen-bond acceptors (Lipinski definition) is 9. The molecule has 0 fully saturated rings. The van der Waals surface area contributed by atoms with E-state index in [1.54, 1.807) is 0 Å². The molecule has 0 saturated heterocycles. The molecule has 0 aliphatic heterocycles. The summed E-state index contributed by atoms with van der Waals surface area (Å²) >= 11 is 0. The van der Waals surface area contributed by atoms with Crippen LogP contribution in [0.2, 0.25) is 0 Å². The average molecular weight is 670 g/mol. The van der Waals surface area contributed by atoms with Crippen molar-refractivity contribution >= 4 is 46.3 Å². The van der Waals surface area contributed by atoms with Crippen molar-refractivity contribution in [3.63, 3.8) is 0 Å². The van der Waals surface area contributed by atoms with Crippen molar-refractivity contribution in [2.45, 2.75) is 85.2 Å². The lowest BCUT2D eigenvalue weighted by Crippen LogP contribution is -2.15. The molecule has 0 saturated carbocycles. The molecule has 0 aromatic carbocycles. The van der Waals surface area contributed by atoms with Gasteiger partial charge in [0.25, 0.3) is 0 Å². The molecule has 24 heteroatoms. The molecular weight excluding hydrogens is 630 g/mol. The van der Waals surface area contributed by atoms with E-state index in [0.29, 0.717) is 0 Å². The monoisotopic (exact) mass is 670 g/mol. The summed E-state index contributed by atoms with van der Waals surface area (Å²) in [5, 5.41) is -3.50. The Morgan fingerprint density at radius 2 is 0.649 bits per heavy atom. The van der Waals surface area contributed by atoms with Crippen molar-refractivity contribution < 1.29 is 84.4 Å². The van der Waals surface area contributed by atoms with Crippen LogP contribution in [0.5, 0.6) is 0 Å². The first-order valence-corrected chi connectivity index (χ1v) is 18.5. The van der Waals surface area contributed by atoms with Gasteiger partial charge in [0, 0.05) is 0 Å². The molecule has 0 spiro atoms. The Hall–Kier alpha value is 0.900.